The fourth-order valence-electron chi connectivity index (χ4n) is 1.31. The van der Waals surface area contributed by atoms with Crippen LogP contribution in [0.4, 0.5) is 0 Å². The molecule has 3 N–H and O–H groups in total. The van der Waals surface area contributed by atoms with Gasteiger partial charge in [0.2, 0.25) is 0 Å². The Kier molecular flexibility index (Phi) is 2.55. The molecule has 6 nitrogen and oxygen atoms in total. The van der Waals surface area contributed by atoms with Gasteiger partial charge in [-0.05, 0) is 18.2 Å². The molecule has 0 unspecified atom stereocenters. The summed E-state index contributed by atoms with van der Waals surface area (Å²) in [5.41, 5.74) is 1.70. The van der Waals surface area contributed by atoms with Gasteiger partial charge in [0.1, 0.15) is 12.2 Å². The van der Waals surface area contributed by atoms with Gasteiger partial charge in [0.25, 0.3) is 5.91 Å². The van der Waals surface area contributed by atoms with Gasteiger partial charge in [-0.1, -0.05) is 0 Å². The number of carbonyl (C=O) groups is 2. The van der Waals surface area contributed by atoms with Crippen molar-refractivity contribution in [2.75, 3.05) is 6.54 Å². The number of aromatic nitrogens is 2. The van der Waals surface area contributed by atoms with Gasteiger partial charge in [0.05, 0.1) is 11.0 Å². The highest BCUT2D eigenvalue weighted by Crippen LogP contribution is 2.09. The first-order valence-electron chi connectivity index (χ1n) is 4.61. The third-order valence-corrected chi connectivity index (χ3v) is 2.04. The summed E-state index contributed by atoms with van der Waals surface area (Å²) in [6.45, 7) is -0.411. The Balaban J connectivity index is 2.19. The minimum atomic E-state index is -1.09. The quantitative estimate of drug-likeness (QED) is 0.695. The fraction of sp³-hybridized carbons (Fsp3) is 0.100. The molecule has 16 heavy (non-hydrogen) atoms. The Morgan fingerprint density at radius 3 is 2.94 bits per heavy atom. The van der Waals surface area contributed by atoms with Crippen LogP contribution in [0.1, 0.15) is 10.5 Å². The molecule has 2 heterocycles. The van der Waals surface area contributed by atoms with Crippen molar-refractivity contribution in [3.05, 3.63) is 30.1 Å². The molecule has 6 heteroatoms. The number of pyridine rings is 1. The lowest BCUT2D eigenvalue weighted by Crippen LogP contribution is -2.29. The minimum Gasteiger partial charge on any atom is -0.480 e. The molecule has 0 aliphatic rings. The maximum Gasteiger partial charge on any atom is 0.322 e. The number of H-pyrrole nitrogens is 1. The number of fused-ring (bicyclic) bond motifs is 1. The molecule has 82 valence electrons. The topological polar surface area (TPSA) is 95.1 Å². The minimum absolute atomic E-state index is 0.202. The molecule has 0 saturated carbocycles. The van der Waals surface area contributed by atoms with Crippen LogP contribution in [-0.4, -0.2) is 33.5 Å². The monoisotopic (exact) mass is 219 g/mol. The highest BCUT2D eigenvalue weighted by atomic mass is 16.4. The van der Waals surface area contributed by atoms with Crippen molar-refractivity contribution in [2.24, 2.45) is 0 Å². The number of carboxylic acids is 1. The van der Waals surface area contributed by atoms with Crippen LogP contribution in [0.3, 0.4) is 0 Å². The number of hydrogen-bond acceptors (Lipinski definition) is 3. The number of aliphatic carboxylic acids is 1. The van der Waals surface area contributed by atoms with Gasteiger partial charge in [0.15, 0.2) is 0 Å². The third kappa shape index (κ3) is 2.00. The zero-order chi connectivity index (χ0) is 11.5. The van der Waals surface area contributed by atoms with E-state index in [0.717, 1.165) is 5.52 Å². The Bertz CT molecular complexity index is 547. The van der Waals surface area contributed by atoms with Gasteiger partial charge < -0.3 is 15.4 Å². The van der Waals surface area contributed by atoms with Gasteiger partial charge in [-0.3, -0.25) is 9.59 Å². The normalized spacial score (nSPS) is 10.2. The standard InChI is InChI=1S/C10H9N3O3/c14-9(15)5-12-10(16)8-2-1-6-7(13-8)3-4-11-6/h1-4,11H,5H2,(H,12,16)(H,14,15). The first-order valence-corrected chi connectivity index (χ1v) is 4.61. The van der Waals surface area contributed by atoms with Gasteiger partial charge in [0, 0.05) is 6.20 Å². The summed E-state index contributed by atoms with van der Waals surface area (Å²) in [6, 6.07) is 5.00. The van der Waals surface area contributed by atoms with Crippen molar-refractivity contribution in [3.8, 4) is 0 Å². The van der Waals surface area contributed by atoms with Gasteiger partial charge in [-0.2, -0.15) is 0 Å². The molecule has 2 aromatic heterocycles. The summed E-state index contributed by atoms with van der Waals surface area (Å²) in [5.74, 6) is -1.58. The van der Waals surface area contributed by atoms with Crippen LogP contribution in [0, 0.1) is 0 Å². The van der Waals surface area contributed by atoms with E-state index in [4.69, 9.17) is 5.11 Å². The molecule has 0 fully saturated rings. The number of rotatable bonds is 3. The zero-order valence-corrected chi connectivity index (χ0v) is 8.23. The predicted octanol–water partition coefficient (Wildman–Crippen LogP) is 0.377. The number of aromatic amines is 1. The highest BCUT2D eigenvalue weighted by Gasteiger charge is 2.09. The van der Waals surface area contributed by atoms with Crippen LogP contribution >= 0.6 is 0 Å². The first-order chi connectivity index (χ1) is 7.66. The van der Waals surface area contributed by atoms with Crippen molar-refractivity contribution in [1.82, 2.24) is 15.3 Å². The number of hydrogen-bond donors (Lipinski definition) is 3. The van der Waals surface area contributed by atoms with E-state index in [1.165, 1.54) is 6.07 Å². The van der Waals surface area contributed by atoms with Crippen LogP contribution in [0.25, 0.3) is 11.0 Å². The molecule has 0 bridgehead atoms. The largest absolute Gasteiger partial charge is 0.480 e. The lowest BCUT2D eigenvalue weighted by molar-refractivity contribution is -0.135. The SMILES string of the molecule is O=C(O)CNC(=O)c1ccc2[nH]ccc2n1. The van der Waals surface area contributed by atoms with Crippen molar-refractivity contribution >= 4 is 22.9 Å². The number of nitrogens with zero attached hydrogens (tertiary/aromatic N) is 1. The lowest BCUT2D eigenvalue weighted by atomic mass is 10.3. The smallest absolute Gasteiger partial charge is 0.322 e. The van der Waals surface area contributed by atoms with Gasteiger partial charge in [-0.15, -0.1) is 0 Å². The van der Waals surface area contributed by atoms with Crippen molar-refractivity contribution in [1.29, 1.82) is 0 Å². The average molecular weight is 219 g/mol. The Labute approximate surface area is 90.3 Å². The van der Waals surface area contributed by atoms with E-state index in [2.05, 4.69) is 15.3 Å². The van der Waals surface area contributed by atoms with E-state index in [-0.39, 0.29) is 5.69 Å². The Morgan fingerprint density at radius 1 is 1.38 bits per heavy atom. The number of carbonyl (C=O) groups excluding carboxylic acids is 1. The predicted molar refractivity (Wildman–Crippen MR) is 56.1 cm³/mol. The molecule has 0 atom stereocenters. The Morgan fingerprint density at radius 2 is 2.19 bits per heavy atom. The number of amides is 1. The average Bonchev–Trinajstić information content (AvgIpc) is 2.72. The molecule has 0 saturated heterocycles. The molecular weight excluding hydrogens is 210 g/mol. The number of carboxylic acid groups (broad SMARTS) is 1. The maximum atomic E-state index is 11.5. The molecule has 0 spiro atoms. The molecule has 0 aromatic carbocycles. The third-order valence-electron chi connectivity index (χ3n) is 2.04. The number of nitrogens with one attached hydrogen (secondary N) is 2. The lowest BCUT2D eigenvalue weighted by Gasteiger charge is -2.01. The zero-order valence-electron chi connectivity index (χ0n) is 8.23. The molecule has 1 amide bonds. The van der Waals surface area contributed by atoms with E-state index in [1.54, 1.807) is 18.3 Å². The van der Waals surface area contributed by atoms with E-state index in [9.17, 15) is 9.59 Å². The van der Waals surface area contributed by atoms with Crippen LogP contribution < -0.4 is 5.32 Å². The van der Waals surface area contributed by atoms with E-state index in [1.807, 2.05) is 0 Å². The highest BCUT2D eigenvalue weighted by molar-refractivity contribution is 5.95. The summed E-state index contributed by atoms with van der Waals surface area (Å²) >= 11 is 0. The maximum absolute atomic E-state index is 11.5. The summed E-state index contributed by atoms with van der Waals surface area (Å²) in [7, 11) is 0. The summed E-state index contributed by atoms with van der Waals surface area (Å²) < 4.78 is 0. The van der Waals surface area contributed by atoms with Crippen molar-refractivity contribution in [3.63, 3.8) is 0 Å². The van der Waals surface area contributed by atoms with Crippen LogP contribution in [0.15, 0.2) is 24.4 Å². The van der Waals surface area contributed by atoms with Crippen LogP contribution in [-0.2, 0) is 4.79 Å². The first kappa shape index (κ1) is 10.2. The second-order valence-corrected chi connectivity index (χ2v) is 3.18. The van der Waals surface area contributed by atoms with Gasteiger partial charge in [-0.25, -0.2) is 4.98 Å². The van der Waals surface area contributed by atoms with Crippen molar-refractivity contribution < 1.29 is 14.7 Å². The van der Waals surface area contributed by atoms with E-state index in [0.29, 0.717) is 5.52 Å². The Hall–Kier alpha value is -2.37. The van der Waals surface area contributed by atoms with E-state index >= 15 is 0 Å². The van der Waals surface area contributed by atoms with Crippen LogP contribution in [0.2, 0.25) is 0 Å². The molecular formula is C10H9N3O3. The second kappa shape index (κ2) is 4.01. The second-order valence-electron chi connectivity index (χ2n) is 3.18. The van der Waals surface area contributed by atoms with Crippen molar-refractivity contribution in [2.45, 2.75) is 0 Å². The summed E-state index contributed by atoms with van der Waals surface area (Å²) in [6.07, 6.45) is 1.72. The molecule has 2 rings (SSSR count). The summed E-state index contributed by atoms with van der Waals surface area (Å²) in [5, 5.41) is 10.7. The molecule has 0 aliphatic carbocycles. The fourth-order valence-corrected chi connectivity index (χ4v) is 1.31. The summed E-state index contributed by atoms with van der Waals surface area (Å²) in [4.78, 5) is 28.8. The molecule has 2 aromatic rings. The van der Waals surface area contributed by atoms with E-state index < -0.39 is 18.4 Å². The van der Waals surface area contributed by atoms with Gasteiger partial charge >= 0.3 is 5.97 Å². The van der Waals surface area contributed by atoms with Crippen LogP contribution in [0.5, 0.6) is 0 Å². The molecule has 0 aliphatic heterocycles. The molecule has 0 radical (unpaired) electrons.